The molecule has 0 spiro atoms. The van der Waals surface area contributed by atoms with Crippen LogP contribution in [-0.4, -0.2) is 29.1 Å². The normalized spacial score (nSPS) is 14.3. The average Bonchev–Trinajstić information content (AvgIpc) is 3.34. The van der Waals surface area contributed by atoms with E-state index in [0.717, 1.165) is 40.2 Å². The number of carbonyl (C=O) groups is 1. The first-order valence-electron chi connectivity index (χ1n) is 10.9. The highest BCUT2D eigenvalue weighted by molar-refractivity contribution is 9.10. The highest BCUT2D eigenvalue weighted by Gasteiger charge is 2.22. The third-order valence-corrected chi connectivity index (χ3v) is 6.07. The highest BCUT2D eigenvalue weighted by atomic mass is 79.9. The number of halogens is 1. The largest absolute Gasteiger partial charge is 0.347 e. The van der Waals surface area contributed by atoms with Gasteiger partial charge >= 0.3 is 0 Å². The maximum absolute atomic E-state index is 13.2. The quantitative estimate of drug-likeness (QED) is 0.305. The highest BCUT2D eigenvalue weighted by Crippen LogP contribution is 2.20. The van der Waals surface area contributed by atoms with Crippen molar-refractivity contribution in [2.75, 3.05) is 29.1 Å². The van der Waals surface area contributed by atoms with Gasteiger partial charge in [0.25, 0.3) is 5.91 Å². The van der Waals surface area contributed by atoms with Crippen LogP contribution in [0.15, 0.2) is 83.3 Å². The number of anilines is 3. The van der Waals surface area contributed by atoms with E-state index in [0.29, 0.717) is 5.11 Å². The number of rotatable bonds is 7. The van der Waals surface area contributed by atoms with Gasteiger partial charge in [-0.2, -0.15) is 0 Å². The summed E-state index contributed by atoms with van der Waals surface area (Å²) in [5.74, 6) is -0.193. The Morgan fingerprint density at radius 1 is 0.818 bits per heavy atom. The van der Waals surface area contributed by atoms with Gasteiger partial charge in [0.05, 0.1) is 0 Å². The number of amides is 1. The lowest BCUT2D eigenvalue weighted by atomic mass is 10.1. The van der Waals surface area contributed by atoms with Crippen LogP contribution in [0.4, 0.5) is 17.1 Å². The standard InChI is InChI=1S/C25H26BrN5OS/c26-19-8-10-21(11-9-19)28-25(33)29-23(18-6-2-1-3-7-18)24(32)27-20-12-14-22(15-13-20)30-31-16-4-5-17-31/h1-3,6-15,23,30H,4-5,16-17H2,(H,27,32)(H2,28,29,33). The number of benzene rings is 3. The zero-order valence-corrected chi connectivity index (χ0v) is 20.5. The minimum Gasteiger partial charge on any atom is -0.347 e. The smallest absolute Gasteiger partial charge is 0.251 e. The molecule has 8 heteroatoms. The molecule has 6 nitrogen and oxygen atoms in total. The van der Waals surface area contributed by atoms with Gasteiger partial charge in [-0.05, 0) is 79.2 Å². The second kappa shape index (κ2) is 11.3. The number of hydrogen-bond acceptors (Lipinski definition) is 4. The molecule has 1 amide bonds. The predicted octanol–water partition coefficient (Wildman–Crippen LogP) is 5.54. The molecule has 0 saturated carbocycles. The zero-order chi connectivity index (χ0) is 23.0. The fourth-order valence-electron chi connectivity index (χ4n) is 3.63. The summed E-state index contributed by atoms with van der Waals surface area (Å²) in [4.78, 5) is 13.2. The van der Waals surface area contributed by atoms with Gasteiger partial charge in [0.15, 0.2) is 5.11 Å². The lowest BCUT2D eigenvalue weighted by Gasteiger charge is -2.21. The molecule has 1 heterocycles. The van der Waals surface area contributed by atoms with Gasteiger partial charge < -0.3 is 21.4 Å². The van der Waals surface area contributed by atoms with E-state index in [1.165, 1.54) is 12.8 Å². The molecule has 1 aliphatic rings. The lowest BCUT2D eigenvalue weighted by Crippen LogP contribution is -2.39. The Kier molecular flexibility index (Phi) is 7.93. The van der Waals surface area contributed by atoms with Crippen LogP contribution >= 0.6 is 28.1 Å². The lowest BCUT2D eigenvalue weighted by molar-refractivity contribution is -0.117. The molecule has 1 saturated heterocycles. The summed E-state index contributed by atoms with van der Waals surface area (Å²) in [6.45, 7) is 2.11. The van der Waals surface area contributed by atoms with Crippen molar-refractivity contribution in [1.29, 1.82) is 0 Å². The molecule has 1 fully saturated rings. The fraction of sp³-hybridized carbons (Fsp3) is 0.200. The van der Waals surface area contributed by atoms with E-state index < -0.39 is 6.04 Å². The molecule has 0 aliphatic carbocycles. The Balaban J connectivity index is 1.42. The van der Waals surface area contributed by atoms with Crippen LogP contribution in [0, 0.1) is 0 Å². The second-order valence-corrected chi connectivity index (χ2v) is 9.15. The Morgan fingerprint density at radius 3 is 2.06 bits per heavy atom. The van der Waals surface area contributed by atoms with Crippen LogP contribution in [0.5, 0.6) is 0 Å². The van der Waals surface area contributed by atoms with Crippen LogP contribution in [0.2, 0.25) is 0 Å². The molecule has 0 bridgehead atoms. The van der Waals surface area contributed by atoms with Crippen molar-refractivity contribution < 1.29 is 4.79 Å². The van der Waals surface area contributed by atoms with Gasteiger partial charge in [0, 0.05) is 34.6 Å². The van der Waals surface area contributed by atoms with Crippen LogP contribution in [0.1, 0.15) is 24.4 Å². The summed E-state index contributed by atoms with van der Waals surface area (Å²) >= 11 is 8.91. The first kappa shape index (κ1) is 23.2. The van der Waals surface area contributed by atoms with E-state index in [-0.39, 0.29) is 5.91 Å². The molecule has 0 aromatic heterocycles. The monoisotopic (exact) mass is 523 g/mol. The number of thiocarbonyl (C=S) groups is 1. The minimum absolute atomic E-state index is 0.193. The topological polar surface area (TPSA) is 68.4 Å². The van der Waals surface area contributed by atoms with Crippen molar-refractivity contribution >= 4 is 56.2 Å². The molecule has 3 aromatic rings. The van der Waals surface area contributed by atoms with Crippen molar-refractivity contribution in [2.24, 2.45) is 0 Å². The minimum atomic E-state index is -0.649. The summed E-state index contributed by atoms with van der Waals surface area (Å²) in [6.07, 6.45) is 2.43. The molecule has 0 radical (unpaired) electrons. The van der Waals surface area contributed by atoms with Gasteiger partial charge in [-0.15, -0.1) is 0 Å². The predicted molar refractivity (Wildman–Crippen MR) is 142 cm³/mol. The van der Waals surface area contributed by atoms with Crippen LogP contribution in [-0.2, 0) is 4.79 Å². The number of nitrogens with zero attached hydrogens (tertiary/aromatic N) is 1. The Labute approximate surface area is 207 Å². The van der Waals surface area contributed by atoms with E-state index in [4.69, 9.17) is 12.2 Å². The Bertz CT molecular complexity index is 1070. The van der Waals surface area contributed by atoms with E-state index in [1.54, 1.807) is 0 Å². The molecule has 1 atom stereocenters. The summed E-state index contributed by atoms with van der Waals surface area (Å²) in [5, 5.41) is 11.9. The maximum Gasteiger partial charge on any atom is 0.251 e. The molecule has 33 heavy (non-hydrogen) atoms. The summed E-state index contributed by atoms with van der Waals surface area (Å²) in [5.41, 5.74) is 6.79. The van der Waals surface area contributed by atoms with Gasteiger partial charge in [0.2, 0.25) is 0 Å². The maximum atomic E-state index is 13.2. The molecular formula is C25H26BrN5OS. The summed E-state index contributed by atoms with van der Waals surface area (Å²) in [7, 11) is 0. The van der Waals surface area contributed by atoms with Crippen molar-refractivity contribution in [3.8, 4) is 0 Å². The van der Waals surface area contributed by atoms with Gasteiger partial charge in [-0.25, -0.2) is 5.01 Å². The number of hydrazine groups is 1. The molecule has 4 N–H and O–H groups in total. The molecular weight excluding hydrogens is 498 g/mol. The molecule has 1 unspecified atom stereocenters. The first-order valence-corrected chi connectivity index (χ1v) is 12.1. The molecule has 3 aromatic carbocycles. The number of hydrogen-bond donors (Lipinski definition) is 4. The van der Waals surface area contributed by atoms with E-state index in [2.05, 4.69) is 42.3 Å². The van der Waals surface area contributed by atoms with Crippen LogP contribution in [0.3, 0.4) is 0 Å². The Morgan fingerprint density at radius 2 is 1.39 bits per heavy atom. The van der Waals surface area contributed by atoms with E-state index >= 15 is 0 Å². The molecule has 4 rings (SSSR count). The Hall–Kier alpha value is -2.94. The van der Waals surface area contributed by atoms with Crippen molar-refractivity contribution in [1.82, 2.24) is 10.3 Å². The first-order chi connectivity index (χ1) is 16.1. The van der Waals surface area contributed by atoms with Crippen molar-refractivity contribution in [3.63, 3.8) is 0 Å². The number of carbonyl (C=O) groups excluding carboxylic acids is 1. The van der Waals surface area contributed by atoms with Gasteiger partial charge in [-0.1, -0.05) is 46.3 Å². The summed E-state index contributed by atoms with van der Waals surface area (Å²) < 4.78 is 0.982. The summed E-state index contributed by atoms with van der Waals surface area (Å²) in [6, 6.07) is 24.3. The van der Waals surface area contributed by atoms with E-state index in [1.807, 2.05) is 78.9 Å². The van der Waals surface area contributed by atoms with Gasteiger partial charge in [0.1, 0.15) is 6.04 Å². The average molecular weight is 524 g/mol. The zero-order valence-electron chi connectivity index (χ0n) is 18.1. The SMILES string of the molecule is O=C(Nc1ccc(NN2CCCC2)cc1)C(NC(=S)Nc1ccc(Br)cc1)c1ccccc1. The van der Waals surface area contributed by atoms with Gasteiger partial charge in [-0.3, -0.25) is 4.79 Å². The van der Waals surface area contributed by atoms with Crippen molar-refractivity contribution in [3.05, 3.63) is 88.9 Å². The van der Waals surface area contributed by atoms with Crippen LogP contribution < -0.4 is 21.4 Å². The third-order valence-electron chi connectivity index (χ3n) is 5.32. The number of nitrogens with one attached hydrogen (secondary N) is 4. The van der Waals surface area contributed by atoms with Crippen molar-refractivity contribution in [2.45, 2.75) is 18.9 Å². The third kappa shape index (κ3) is 6.77. The fourth-order valence-corrected chi connectivity index (χ4v) is 4.13. The van der Waals surface area contributed by atoms with E-state index in [9.17, 15) is 4.79 Å². The van der Waals surface area contributed by atoms with Crippen LogP contribution in [0.25, 0.3) is 0 Å². The molecule has 1 aliphatic heterocycles. The second-order valence-electron chi connectivity index (χ2n) is 7.82. The molecule has 170 valence electrons.